The Morgan fingerprint density at radius 3 is 2.62 bits per heavy atom. The van der Waals surface area contributed by atoms with Gasteiger partial charge in [0.05, 0.1) is 12.0 Å². The normalized spacial score (nSPS) is 12.4. The van der Waals surface area contributed by atoms with E-state index in [1.54, 1.807) is 0 Å². The molecule has 0 fully saturated rings. The summed E-state index contributed by atoms with van der Waals surface area (Å²) in [6, 6.07) is 12.5. The van der Waals surface area contributed by atoms with Gasteiger partial charge >= 0.3 is 0 Å². The van der Waals surface area contributed by atoms with Crippen molar-refractivity contribution in [3.05, 3.63) is 35.9 Å². The predicted octanol–water partition coefficient (Wildman–Crippen LogP) is 1.61. The van der Waals surface area contributed by atoms with Crippen LogP contribution in [0, 0.1) is 17.2 Å². The van der Waals surface area contributed by atoms with E-state index < -0.39 is 0 Å². The lowest BCUT2D eigenvalue weighted by molar-refractivity contribution is 0.254. The quantitative estimate of drug-likeness (QED) is 0.787. The molecule has 0 aliphatic carbocycles. The first kappa shape index (κ1) is 12.7. The fraction of sp³-hybridized carbons (Fsp3) is 0.462. The van der Waals surface area contributed by atoms with E-state index in [1.165, 1.54) is 5.56 Å². The summed E-state index contributed by atoms with van der Waals surface area (Å²) in [6.07, 6.45) is 0. The molecule has 1 rings (SSSR count). The number of benzene rings is 1. The van der Waals surface area contributed by atoms with Crippen molar-refractivity contribution < 1.29 is 0 Å². The molecule has 0 aliphatic heterocycles. The van der Waals surface area contributed by atoms with Gasteiger partial charge in [0.15, 0.2) is 0 Å². The Bertz CT molecular complexity index is 329. The van der Waals surface area contributed by atoms with E-state index in [2.05, 4.69) is 23.1 Å². The predicted molar refractivity (Wildman–Crippen MR) is 65.6 cm³/mol. The Labute approximate surface area is 97.5 Å². The molecule has 0 spiro atoms. The van der Waals surface area contributed by atoms with E-state index >= 15 is 0 Å². The minimum Gasteiger partial charge on any atom is -0.329 e. The lowest BCUT2D eigenvalue weighted by Crippen LogP contribution is -2.32. The summed E-state index contributed by atoms with van der Waals surface area (Å²) in [4.78, 5) is 2.23. The molecule has 0 heterocycles. The molecule has 0 radical (unpaired) electrons. The minimum atomic E-state index is 0.0512. The third-order valence-electron chi connectivity index (χ3n) is 2.45. The van der Waals surface area contributed by atoms with E-state index in [9.17, 15) is 0 Å². The van der Waals surface area contributed by atoms with Gasteiger partial charge in [-0.15, -0.1) is 0 Å². The van der Waals surface area contributed by atoms with Gasteiger partial charge in [-0.05, 0) is 12.5 Å². The molecule has 0 aliphatic rings. The van der Waals surface area contributed by atoms with Crippen LogP contribution in [0.25, 0.3) is 0 Å². The second-order valence-electron chi connectivity index (χ2n) is 4.04. The molecule has 1 unspecified atom stereocenters. The Morgan fingerprint density at radius 2 is 2.06 bits per heavy atom. The summed E-state index contributed by atoms with van der Waals surface area (Å²) in [5, 5.41) is 8.81. The van der Waals surface area contributed by atoms with Gasteiger partial charge in [0.2, 0.25) is 0 Å². The highest BCUT2D eigenvalue weighted by Crippen LogP contribution is 2.06. The Morgan fingerprint density at radius 1 is 1.38 bits per heavy atom. The van der Waals surface area contributed by atoms with E-state index in [4.69, 9.17) is 11.0 Å². The SMILES string of the molecule is CC(C#N)CN(CCN)Cc1ccccc1. The van der Waals surface area contributed by atoms with Crippen LogP contribution in [0.15, 0.2) is 30.3 Å². The standard InChI is InChI=1S/C13H19N3/c1-12(9-15)10-16(8-7-14)11-13-5-3-2-4-6-13/h2-6,12H,7-8,10-11,14H2,1H3. The van der Waals surface area contributed by atoms with E-state index in [-0.39, 0.29) is 5.92 Å². The second-order valence-corrected chi connectivity index (χ2v) is 4.04. The molecule has 2 N–H and O–H groups in total. The van der Waals surface area contributed by atoms with Gasteiger partial charge < -0.3 is 5.73 Å². The van der Waals surface area contributed by atoms with Crippen LogP contribution in [0.4, 0.5) is 0 Å². The molecule has 86 valence electrons. The lowest BCUT2D eigenvalue weighted by Gasteiger charge is -2.22. The molecule has 0 saturated carbocycles. The van der Waals surface area contributed by atoms with Crippen LogP contribution in [0.2, 0.25) is 0 Å². The van der Waals surface area contributed by atoms with Crippen molar-refractivity contribution in [1.82, 2.24) is 4.90 Å². The smallest absolute Gasteiger partial charge is 0.0666 e. The fourth-order valence-electron chi connectivity index (χ4n) is 1.69. The zero-order valence-electron chi connectivity index (χ0n) is 9.76. The number of hydrogen-bond acceptors (Lipinski definition) is 3. The maximum Gasteiger partial charge on any atom is 0.0666 e. The Hall–Kier alpha value is -1.37. The highest BCUT2D eigenvalue weighted by atomic mass is 15.1. The average molecular weight is 217 g/mol. The highest BCUT2D eigenvalue weighted by Gasteiger charge is 2.09. The van der Waals surface area contributed by atoms with Crippen LogP contribution in [0.1, 0.15) is 12.5 Å². The number of nitriles is 1. The number of nitrogens with two attached hydrogens (primary N) is 1. The molecule has 1 atom stereocenters. The van der Waals surface area contributed by atoms with Crippen molar-refractivity contribution in [1.29, 1.82) is 5.26 Å². The van der Waals surface area contributed by atoms with Crippen LogP contribution in [-0.2, 0) is 6.54 Å². The molecule has 0 aromatic heterocycles. The van der Waals surface area contributed by atoms with Crippen molar-refractivity contribution in [3.63, 3.8) is 0 Å². The molecule has 3 heteroatoms. The van der Waals surface area contributed by atoms with E-state index in [0.29, 0.717) is 6.54 Å². The van der Waals surface area contributed by atoms with Crippen LogP contribution in [-0.4, -0.2) is 24.5 Å². The van der Waals surface area contributed by atoms with Gasteiger partial charge in [-0.1, -0.05) is 30.3 Å². The third-order valence-corrected chi connectivity index (χ3v) is 2.45. The molecule has 3 nitrogen and oxygen atoms in total. The van der Waals surface area contributed by atoms with Gasteiger partial charge in [0.1, 0.15) is 0 Å². The average Bonchev–Trinajstić information content (AvgIpc) is 2.30. The summed E-state index contributed by atoms with van der Waals surface area (Å²) in [6.45, 7) is 5.05. The van der Waals surface area contributed by atoms with Gasteiger partial charge in [-0.2, -0.15) is 5.26 Å². The Balaban J connectivity index is 2.55. The molecule has 1 aromatic rings. The van der Waals surface area contributed by atoms with Crippen molar-refractivity contribution in [3.8, 4) is 6.07 Å². The first-order valence-corrected chi connectivity index (χ1v) is 5.62. The van der Waals surface area contributed by atoms with Crippen LogP contribution in [0.5, 0.6) is 0 Å². The summed E-state index contributed by atoms with van der Waals surface area (Å²) in [7, 11) is 0. The summed E-state index contributed by atoms with van der Waals surface area (Å²) < 4.78 is 0. The van der Waals surface area contributed by atoms with Crippen LogP contribution < -0.4 is 5.73 Å². The first-order chi connectivity index (χ1) is 7.76. The number of hydrogen-bond donors (Lipinski definition) is 1. The van der Waals surface area contributed by atoms with Gasteiger partial charge in [-0.3, -0.25) is 4.90 Å². The summed E-state index contributed by atoms with van der Waals surface area (Å²) >= 11 is 0. The van der Waals surface area contributed by atoms with Crippen molar-refractivity contribution in [2.45, 2.75) is 13.5 Å². The lowest BCUT2D eigenvalue weighted by atomic mass is 10.1. The van der Waals surface area contributed by atoms with Crippen molar-refractivity contribution in [2.24, 2.45) is 11.7 Å². The molecule has 0 saturated heterocycles. The number of rotatable bonds is 6. The molecule has 1 aromatic carbocycles. The van der Waals surface area contributed by atoms with Crippen LogP contribution >= 0.6 is 0 Å². The molecule has 16 heavy (non-hydrogen) atoms. The molecule has 0 bridgehead atoms. The van der Waals surface area contributed by atoms with Gasteiger partial charge in [0.25, 0.3) is 0 Å². The maximum absolute atomic E-state index is 8.81. The topological polar surface area (TPSA) is 53.0 Å². The monoisotopic (exact) mass is 217 g/mol. The van der Waals surface area contributed by atoms with Crippen LogP contribution in [0.3, 0.4) is 0 Å². The largest absolute Gasteiger partial charge is 0.329 e. The summed E-state index contributed by atoms with van der Waals surface area (Å²) in [5.74, 6) is 0.0512. The van der Waals surface area contributed by atoms with Gasteiger partial charge in [0, 0.05) is 26.2 Å². The minimum absolute atomic E-state index is 0.0512. The third kappa shape index (κ3) is 4.43. The second kappa shape index (κ2) is 7.00. The molecular weight excluding hydrogens is 198 g/mol. The Kier molecular flexibility index (Phi) is 5.55. The van der Waals surface area contributed by atoms with Gasteiger partial charge in [-0.25, -0.2) is 0 Å². The highest BCUT2D eigenvalue weighted by molar-refractivity contribution is 5.14. The van der Waals surface area contributed by atoms with Crippen molar-refractivity contribution >= 4 is 0 Å². The maximum atomic E-state index is 8.81. The zero-order chi connectivity index (χ0) is 11.8. The number of nitrogens with zero attached hydrogens (tertiary/aromatic N) is 2. The molecule has 0 amide bonds. The zero-order valence-corrected chi connectivity index (χ0v) is 9.76. The van der Waals surface area contributed by atoms with Crippen molar-refractivity contribution in [2.75, 3.05) is 19.6 Å². The fourth-order valence-corrected chi connectivity index (χ4v) is 1.69. The first-order valence-electron chi connectivity index (χ1n) is 5.62. The molecular formula is C13H19N3. The summed E-state index contributed by atoms with van der Waals surface area (Å²) in [5.41, 5.74) is 6.84. The van der Waals surface area contributed by atoms with E-state index in [1.807, 2.05) is 25.1 Å². The van der Waals surface area contributed by atoms with E-state index in [0.717, 1.165) is 19.6 Å².